The van der Waals surface area contributed by atoms with Gasteiger partial charge < -0.3 is 10.0 Å². The molecule has 0 aliphatic carbocycles. The SMILES string of the molecule is CCN(CCCO)c1ccc(F)cc1C=O. The summed E-state index contributed by atoms with van der Waals surface area (Å²) in [6.45, 7) is 3.43. The normalized spacial score (nSPS) is 10.2. The molecule has 0 amide bonds. The molecule has 0 atom stereocenters. The zero-order valence-corrected chi connectivity index (χ0v) is 9.32. The molecule has 1 aromatic rings. The van der Waals surface area contributed by atoms with Crippen LogP contribution in [0.1, 0.15) is 23.7 Å². The first-order chi connectivity index (χ1) is 7.72. The van der Waals surface area contributed by atoms with E-state index in [9.17, 15) is 9.18 Å². The maximum atomic E-state index is 12.9. The topological polar surface area (TPSA) is 40.5 Å². The molecule has 0 aliphatic heterocycles. The second-order valence-electron chi connectivity index (χ2n) is 3.48. The zero-order chi connectivity index (χ0) is 12.0. The molecule has 1 N–H and O–H groups in total. The Hall–Kier alpha value is -1.42. The largest absolute Gasteiger partial charge is 0.396 e. The summed E-state index contributed by atoms with van der Waals surface area (Å²) in [6.07, 6.45) is 1.28. The number of anilines is 1. The second-order valence-corrected chi connectivity index (χ2v) is 3.48. The van der Waals surface area contributed by atoms with Gasteiger partial charge in [0, 0.05) is 30.9 Å². The van der Waals surface area contributed by atoms with Gasteiger partial charge in [0.1, 0.15) is 5.82 Å². The number of hydrogen-bond acceptors (Lipinski definition) is 3. The number of carbonyl (C=O) groups is 1. The maximum absolute atomic E-state index is 12.9. The lowest BCUT2D eigenvalue weighted by Gasteiger charge is -2.24. The molecule has 0 spiro atoms. The minimum absolute atomic E-state index is 0.105. The van der Waals surface area contributed by atoms with Gasteiger partial charge in [0.05, 0.1) is 0 Å². The minimum Gasteiger partial charge on any atom is -0.396 e. The lowest BCUT2D eigenvalue weighted by Crippen LogP contribution is -2.25. The quantitative estimate of drug-likeness (QED) is 0.751. The van der Waals surface area contributed by atoms with Crippen LogP contribution in [0.3, 0.4) is 0 Å². The molecule has 0 unspecified atom stereocenters. The van der Waals surface area contributed by atoms with Crippen LogP contribution in [0.25, 0.3) is 0 Å². The molecular formula is C12H16FNO2. The molecule has 16 heavy (non-hydrogen) atoms. The first-order valence-electron chi connectivity index (χ1n) is 5.33. The lowest BCUT2D eigenvalue weighted by atomic mass is 10.1. The van der Waals surface area contributed by atoms with Crippen LogP contribution >= 0.6 is 0 Å². The molecule has 3 nitrogen and oxygen atoms in total. The van der Waals surface area contributed by atoms with E-state index in [1.807, 2.05) is 11.8 Å². The van der Waals surface area contributed by atoms with Gasteiger partial charge in [-0.05, 0) is 31.5 Å². The maximum Gasteiger partial charge on any atom is 0.152 e. The van der Waals surface area contributed by atoms with Crippen molar-refractivity contribution in [2.24, 2.45) is 0 Å². The van der Waals surface area contributed by atoms with E-state index in [4.69, 9.17) is 5.11 Å². The van der Waals surface area contributed by atoms with Crippen LogP contribution in [0.15, 0.2) is 18.2 Å². The molecule has 0 saturated carbocycles. The van der Waals surface area contributed by atoms with Gasteiger partial charge in [0.2, 0.25) is 0 Å². The molecule has 0 fully saturated rings. The Morgan fingerprint density at radius 2 is 2.25 bits per heavy atom. The molecule has 88 valence electrons. The Bertz CT molecular complexity index is 355. The van der Waals surface area contributed by atoms with Crippen LogP contribution < -0.4 is 4.90 Å². The number of aliphatic hydroxyl groups excluding tert-OH is 1. The van der Waals surface area contributed by atoms with Crippen LogP contribution in [0.2, 0.25) is 0 Å². The first-order valence-corrected chi connectivity index (χ1v) is 5.33. The predicted molar refractivity (Wildman–Crippen MR) is 61.4 cm³/mol. The number of aldehydes is 1. The van der Waals surface area contributed by atoms with Crippen molar-refractivity contribution >= 4 is 12.0 Å². The number of halogens is 1. The number of benzene rings is 1. The van der Waals surface area contributed by atoms with Crippen molar-refractivity contribution in [3.05, 3.63) is 29.6 Å². The van der Waals surface area contributed by atoms with Crippen LogP contribution in [-0.4, -0.2) is 31.1 Å². The fourth-order valence-corrected chi connectivity index (χ4v) is 1.62. The highest BCUT2D eigenvalue weighted by Crippen LogP contribution is 2.20. The summed E-state index contributed by atoms with van der Waals surface area (Å²) < 4.78 is 12.9. The van der Waals surface area contributed by atoms with E-state index in [1.165, 1.54) is 12.1 Å². The average molecular weight is 225 g/mol. The minimum atomic E-state index is -0.413. The Morgan fingerprint density at radius 3 is 2.81 bits per heavy atom. The number of nitrogens with zero attached hydrogens (tertiary/aromatic N) is 1. The van der Waals surface area contributed by atoms with Gasteiger partial charge in [-0.25, -0.2) is 4.39 Å². The fraction of sp³-hybridized carbons (Fsp3) is 0.417. The summed E-state index contributed by atoms with van der Waals surface area (Å²) >= 11 is 0. The molecular weight excluding hydrogens is 209 g/mol. The summed E-state index contributed by atoms with van der Waals surface area (Å²) in [4.78, 5) is 12.8. The van der Waals surface area contributed by atoms with Gasteiger partial charge in [0.25, 0.3) is 0 Å². The van der Waals surface area contributed by atoms with Crippen molar-refractivity contribution < 1.29 is 14.3 Å². The third-order valence-corrected chi connectivity index (χ3v) is 2.43. The number of rotatable bonds is 6. The highest BCUT2D eigenvalue weighted by atomic mass is 19.1. The fourth-order valence-electron chi connectivity index (χ4n) is 1.62. The van der Waals surface area contributed by atoms with Crippen LogP contribution in [-0.2, 0) is 0 Å². The van der Waals surface area contributed by atoms with Crippen molar-refractivity contribution in [2.75, 3.05) is 24.6 Å². The van der Waals surface area contributed by atoms with E-state index >= 15 is 0 Å². The molecule has 0 saturated heterocycles. The van der Waals surface area contributed by atoms with Gasteiger partial charge in [-0.15, -0.1) is 0 Å². The zero-order valence-electron chi connectivity index (χ0n) is 9.32. The molecule has 0 aliphatic rings. The van der Waals surface area contributed by atoms with Gasteiger partial charge in [0.15, 0.2) is 6.29 Å². The van der Waals surface area contributed by atoms with Gasteiger partial charge in [-0.3, -0.25) is 4.79 Å². The average Bonchev–Trinajstić information content (AvgIpc) is 2.31. The molecule has 0 bridgehead atoms. The van der Waals surface area contributed by atoms with E-state index in [0.717, 1.165) is 0 Å². The predicted octanol–water partition coefficient (Wildman–Crippen LogP) is 1.85. The highest BCUT2D eigenvalue weighted by Gasteiger charge is 2.09. The molecule has 0 aromatic heterocycles. The monoisotopic (exact) mass is 225 g/mol. The molecule has 1 aromatic carbocycles. The molecule has 0 heterocycles. The number of aliphatic hydroxyl groups is 1. The Kier molecular flexibility index (Phi) is 4.92. The number of hydrogen-bond donors (Lipinski definition) is 1. The summed E-state index contributed by atoms with van der Waals surface area (Å²) in [5.41, 5.74) is 1.06. The molecule has 0 radical (unpaired) electrons. The van der Waals surface area contributed by atoms with E-state index in [-0.39, 0.29) is 6.61 Å². The number of carbonyl (C=O) groups excluding carboxylic acids is 1. The van der Waals surface area contributed by atoms with Crippen molar-refractivity contribution in [3.63, 3.8) is 0 Å². The van der Waals surface area contributed by atoms with Gasteiger partial charge >= 0.3 is 0 Å². The van der Waals surface area contributed by atoms with Crippen LogP contribution in [0, 0.1) is 5.82 Å². The Labute approximate surface area is 94.5 Å². The van der Waals surface area contributed by atoms with Crippen molar-refractivity contribution in [1.29, 1.82) is 0 Å². The Morgan fingerprint density at radius 1 is 1.50 bits per heavy atom. The van der Waals surface area contributed by atoms with Crippen molar-refractivity contribution in [1.82, 2.24) is 0 Å². The Balaban J connectivity index is 2.94. The van der Waals surface area contributed by atoms with E-state index in [1.54, 1.807) is 6.07 Å². The lowest BCUT2D eigenvalue weighted by molar-refractivity contribution is 0.112. The van der Waals surface area contributed by atoms with Crippen molar-refractivity contribution in [3.8, 4) is 0 Å². The van der Waals surface area contributed by atoms with Gasteiger partial charge in [-0.2, -0.15) is 0 Å². The standard InChI is InChI=1S/C12H16FNO2/c1-2-14(6-3-7-15)12-5-4-11(13)8-10(12)9-16/h4-5,8-9,15H,2-3,6-7H2,1H3. The van der Waals surface area contributed by atoms with E-state index in [0.29, 0.717) is 37.0 Å². The summed E-state index contributed by atoms with van der Waals surface area (Å²) in [6, 6.07) is 4.16. The van der Waals surface area contributed by atoms with E-state index < -0.39 is 5.82 Å². The first kappa shape index (κ1) is 12.6. The summed E-state index contributed by atoms with van der Waals surface area (Å²) in [7, 11) is 0. The van der Waals surface area contributed by atoms with E-state index in [2.05, 4.69) is 0 Å². The molecule has 4 heteroatoms. The van der Waals surface area contributed by atoms with Crippen molar-refractivity contribution in [2.45, 2.75) is 13.3 Å². The second kappa shape index (κ2) is 6.23. The third kappa shape index (κ3) is 3.03. The molecule has 1 rings (SSSR count). The van der Waals surface area contributed by atoms with Crippen LogP contribution in [0.5, 0.6) is 0 Å². The van der Waals surface area contributed by atoms with Gasteiger partial charge in [-0.1, -0.05) is 0 Å². The summed E-state index contributed by atoms with van der Waals surface area (Å²) in [5, 5.41) is 8.77. The summed E-state index contributed by atoms with van der Waals surface area (Å²) in [5.74, 6) is -0.413. The smallest absolute Gasteiger partial charge is 0.152 e. The van der Waals surface area contributed by atoms with Crippen LogP contribution in [0.4, 0.5) is 10.1 Å². The highest BCUT2D eigenvalue weighted by molar-refractivity contribution is 5.84. The third-order valence-electron chi connectivity index (χ3n) is 2.43.